The smallest absolute Gasteiger partial charge is 0.257 e. The van der Waals surface area contributed by atoms with Crippen LogP contribution in [0.15, 0.2) is 66.9 Å². The summed E-state index contributed by atoms with van der Waals surface area (Å²) < 4.78 is 10.7. The Labute approximate surface area is 199 Å². The highest BCUT2D eigenvalue weighted by Crippen LogP contribution is 2.33. The average molecular weight is 461 g/mol. The van der Waals surface area contributed by atoms with Crippen molar-refractivity contribution in [3.8, 4) is 11.5 Å². The molecule has 1 fully saturated rings. The molecular weight excluding hydrogens is 432 g/mol. The summed E-state index contributed by atoms with van der Waals surface area (Å²) in [4.78, 5) is 34.0. The summed E-state index contributed by atoms with van der Waals surface area (Å²) in [5.41, 5.74) is 2.13. The fourth-order valence-electron chi connectivity index (χ4n) is 4.21. The van der Waals surface area contributed by atoms with Gasteiger partial charge in [0.15, 0.2) is 0 Å². The first kappa shape index (κ1) is 23.1. The van der Waals surface area contributed by atoms with Crippen molar-refractivity contribution in [2.24, 2.45) is 0 Å². The van der Waals surface area contributed by atoms with E-state index in [0.29, 0.717) is 36.8 Å². The number of benzene rings is 2. The predicted molar refractivity (Wildman–Crippen MR) is 130 cm³/mol. The number of ether oxygens (including phenoxy) is 2. The van der Waals surface area contributed by atoms with E-state index in [1.807, 2.05) is 48.5 Å². The molecule has 1 aromatic heterocycles. The minimum atomic E-state index is -0.305. The summed E-state index contributed by atoms with van der Waals surface area (Å²) >= 11 is 0. The molecule has 0 radical (unpaired) electrons. The van der Waals surface area contributed by atoms with Gasteiger partial charge in [-0.3, -0.25) is 9.59 Å². The number of rotatable bonds is 6. The summed E-state index contributed by atoms with van der Waals surface area (Å²) in [6, 6.07) is 18.2. The number of hydrogen-bond donors (Lipinski definition) is 1. The van der Waals surface area contributed by atoms with E-state index in [4.69, 9.17) is 9.47 Å². The zero-order valence-corrected chi connectivity index (χ0v) is 19.5. The molecule has 0 saturated carbocycles. The first-order valence-electron chi connectivity index (χ1n) is 11.1. The number of carbonyl (C=O) groups is 2. The Kier molecular flexibility index (Phi) is 6.96. The van der Waals surface area contributed by atoms with Crippen LogP contribution in [0.1, 0.15) is 28.9 Å². The van der Waals surface area contributed by atoms with E-state index in [1.54, 1.807) is 49.3 Å². The van der Waals surface area contributed by atoms with Crippen molar-refractivity contribution in [1.82, 2.24) is 14.8 Å². The van der Waals surface area contributed by atoms with Gasteiger partial charge in [0.1, 0.15) is 17.3 Å². The molecule has 2 amide bonds. The number of methoxy groups -OCH3 is 2. The van der Waals surface area contributed by atoms with E-state index in [0.717, 1.165) is 17.0 Å². The number of piperazine rings is 1. The molecule has 1 atom stereocenters. The highest BCUT2D eigenvalue weighted by atomic mass is 16.5. The van der Waals surface area contributed by atoms with Gasteiger partial charge in [0, 0.05) is 44.0 Å². The number of pyridine rings is 1. The maximum atomic E-state index is 13.6. The fraction of sp³-hybridized carbons (Fsp3) is 0.269. The van der Waals surface area contributed by atoms with Crippen molar-refractivity contribution in [3.05, 3.63) is 78.0 Å². The summed E-state index contributed by atoms with van der Waals surface area (Å²) in [7, 11) is 3.22. The van der Waals surface area contributed by atoms with Crippen LogP contribution in [0.5, 0.6) is 11.5 Å². The Morgan fingerprint density at radius 2 is 1.74 bits per heavy atom. The van der Waals surface area contributed by atoms with E-state index < -0.39 is 0 Å². The fourth-order valence-corrected chi connectivity index (χ4v) is 4.21. The van der Waals surface area contributed by atoms with Crippen molar-refractivity contribution in [1.29, 1.82) is 0 Å². The van der Waals surface area contributed by atoms with E-state index >= 15 is 0 Å². The number of nitrogens with one attached hydrogen (secondary N) is 1. The second-order valence-corrected chi connectivity index (χ2v) is 7.97. The average Bonchev–Trinajstić information content (AvgIpc) is 2.88. The highest BCUT2D eigenvalue weighted by molar-refractivity contribution is 5.99. The molecule has 1 N–H and O–H groups in total. The largest absolute Gasteiger partial charge is 0.497 e. The SMILES string of the molecule is COc1ccc(Nc2ncccc2C(=O)N2CCN(C(C)=O)[C@@H](c3ccccc3OC)C2)cc1. The lowest BCUT2D eigenvalue weighted by atomic mass is 10.0. The van der Waals surface area contributed by atoms with Crippen LogP contribution in [0.3, 0.4) is 0 Å². The van der Waals surface area contributed by atoms with Crippen LogP contribution in [0, 0.1) is 0 Å². The minimum Gasteiger partial charge on any atom is -0.497 e. The molecule has 3 aromatic rings. The monoisotopic (exact) mass is 460 g/mol. The van der Waals surface area contributed by atoms with Crippen LogP contribution in [0.25, 0.3) is 0 Å². The lowest BCUT2D eigenvalue weighted by Gasteiger charge is -2.41. The molecule has 8 nitrogen and oxygen atoms in total. The maximum absolute atomic E-state index is 13.6. The number of amides is 2. The number of para-hydroxylation sites is 1. The predicted octanol–water partition coefficient (Wildman–Crippen LogP) is 3.89. The van der Waals surface area contributed by atoms with Gasteiger partial charge in [-0.05, 0) is 42.5 Å². The number of aromatic nitrogens is 1. The van der Waals surface area contributed by atoms with Crippen LogP contribution < -0.4 is 14.8 Å². The lowest BCUT2D eigenvalue weighted by Crippen LogP contribution is -2.52. The van der Waals surface area contributed by atoms with Crippen LogP contribution in [0.2, 0.25) is 0 Å². The number of nitrogens with zero attached hydrogens (tertiary/aromatic N) is 3. The zero-order chi connectivity index (χ0) is 24.1. The van der Waals surface area contributed by atoms with Gasteiger partial charge in [-0.2, -0.15) is 0 Å². The van der Waals surface area contributed by atoms with E-state index in [9.17, 15) is 9.59 Å². The molecule has 34 heavy (non-hydrogen) atoms. The van der Waals surface area contributed by atoms with Crippen LogP contribution >= 0.6 is 0 Å². The summed E-state index contributed by atoms with van der Waals surface area (Å²) in [5, 5.41) is 3.23. The Bertz CT molecular complexity index is 1170. The molecule has 1 aliphatic rings. The molecule has 0 aliphatic carbocycles. The van der Waals surface area contributed by atoms with E-state index in [-0.39, 0.29) is 17.9 Å². The number of anilines is 2. The van der Waals surface area contributed by atoms with Crippen molar-refractivity contribution < 1.29 is 19.1 Å². The van der Waals surface area contributed by atoms with Crippen molar-refractivity contribution in [3.63, 3.8) is 0 Å². The third-order valence-electron chi connectivity index (χ3n) is 5.96. The molecule has 4 rings (SSSR count). The second kappa shape index (κ2) is 10.2. The van der Waals surface area contributed by atoms with Gasteiger partial charge in [0.05, 0.1) is 25.8 Å². The van der Waals surface area contributed by atoms with Gasteiger partial charge in [-0.25, -0.2) is 4.98 Å². The van der Waals surface area contributed by atoms with Gasteiger partial charge in [0.2, 0.25) is 5.91 Å². The normalized spacial score (nSPS) is 15.6. The molecule has 2 aromatic carbocycles. The summed E-state index contributed by atoms with van der Waals surface area (Å²) in [5.74, 6) is 1.73. The third kappa shape index (κ3) is 4.80. The topological polar surface area (TPSA) is 84.0 Å². The Hall–Kier alpha value is -4.07. The second-order valence-electron chi connectivity index (χ2n) is 7.97. The quantitative estimate of drug-likeness (QED) is 0.601. The first-order chi connectivity index (χ1) is 16.5. The molecule has 1 saturated heterocycles. The molecule has 0 bridgehead atoms. The Morgan fingerprint density at radius 3 is 2.44 bits per heavy atom. The van der Waals surface area contributed by atoms with Crippen molar-refractivity contribution in [2.45, 2.75) is 13.0 Å². The summed E-state index contributed by atoms with van der Waals surface area (Å²) in [6.07, 6.45) is 1.65. The molecular formula is C26H28N4O4. The maximum Gasteiger partial charge on any atom is 0.257 e. The molecule has 0 unspecified atom stereocenters. The Morgan fingerprint density at radius 1 is 0.971 bits per heavy atom. The molecule has 1 aliphatic heterocycles. The Balaban J connectivity index is 1.60. The van der Waals surface area contributed by atoms with E-state index in [2.05, 4.69) is 10.3 Å². The molecule has 0 spiro atoms. The van der Waals surface area contributed by atoms with Crippen molar-refractivity contribution in [2.75, 3.05) is 39.2 Å². The van der Waals surface area contributed by atoms with Gasteiger partial charge < -0.3 is 24.6 Å². The van der Waals surface area contributed by atoms with Gasteiger partial charge in [0.25, 0.3) is 5.91 Å². The highest BCUT2D eigenvalue weighted by Gasteiger charge is 2.34. The molecule has 176 valence electrons. The number of hydrogen-bond acceptors (Lipinski definition) is 6. The molecule has 8 heteroatoms. The number of carbonyl (C=O) groups excluding carboxylic acids is 2. The van der Waals surface area contributed by atoms with Crippen molar-refractivity contribution >= 4 is 23.3 Å². The first-order valence-corrected chi connectivity index (χ1v) is 11.1. The lowest BCUT2D eigenvalue weighted by molar-refractivity contribution is -0.133. The van der Waals surface area contributed by atoms with Gasteiger partial charge in [-0.15, -0.1) is 0 Å². The van der Waals surface area contributed by atoms with Crippen LogP contribution in [0.4, 0.5) is 11.5 Å². The van der Waals surface area contributed by atoms with Gasteiger partial charge in [-0.1, -0.05) is 18.2 Å². The molecule has 2 heterocycles. The van der Waals surface area contributed by atoms with Crippen LogP contribution in [-0.2, 0) is 4.79 Å². The van der Waals surface area contributed by atoms with E-state index in [1.165, 1.54) is 0 Å². The standard InChI is InChI=1S/C26H28N4O4/c1-18(31)30-16-15-29(17-23(30)21-7-4-5-9-24(21)34-3)26(32)22-8-6-14-27-25(22)28-19-10-12-20(33-2)13-11-19/h4-14,23H,15-17H2,1-3H3,(H,27,28)/t23-/m1/s1. The third-order valence-corrected chi connectivity index (χ3v) is 5.96. The summed E-state index contributed by atoms with van der Waals surface area (Å²) in [6.45, 7) is 2.78. The zero-order valence-electron chi connectivity index (χ0n) is 19.5. The minimum absolute atomic E-state index is 0.0359. The van der Waals surface area contributed by atoms with Gasteiger partial charge >= 0.3 is 0 Å². The van der Waals surface area contributed by atoms with Crippen LogP contribution in [-0.4, -0.2) is 60.5 Å².